The molecular weight excluding hydrogens is 360 g/mol. The summed E-state index contributed by atoms with van der Waals surface area (Å²) in [4.78, 5) is 0. The van der Waals surface area contributed by atoms with E-state index in [2.05, 4.69) is 13.8 Å². The molecule has 5 heteroatoms. The fourth-order valence-electron chi connectivity index (χ4n) is 3.64. The first-order valence-corrected chi connectivity index (χ1v) is 13.1. The summed E-state index contributed by atoms with van der Waals surface area (Å²) in [5.41, 5.74) is 0. The highest BCUT2D eigenvalue weighted by atomic mass is 32.2. The van der Waals surface area contributed by atoms with Gasteiger partial charge in [-0.15, -0.1) is 0 Å². The smallest absolute Gasteiger partial charge is 0.267 e. The number of aliphatic hydroxyl groups excluding tert-OH is 1. The molecule has 0 rings (SSSR count). The van der Waals surface area contributed by atoms with Crippen molar-refractivity contribution in [2.75, 3.05) is 0 Å². The van der Waals surface area contributed by atoms with Gasteiger partial charge in [0.15, 0.2) is 0 Å². The summed E-state index contributed by atoms with van der Waals surface area (Å²) in [6.07, 6.45) is 18.3. The van der Waals surface area contributed by atoms with E-state index in [9.17, 15) is 18.1 Å². The lowest BCUT2D eigenvalue weighted by Crippen LogP contribution is -2.20. The van der Waals surface area contributed by atoms with Crippen molar-refractivity contribution in [2.24, 2.45) is 0 Å². The Morgan fingerprint density at radius 1 is 0.593 bits per heavy atom. The van der Waals surface area contributed by atoms with Crippen molar-refractivity contribution >= 4 is 10.1 Å². The van der Waals surface area contributed by atoms with Gasteiger partial charge in [0.05, 0.1) is 11.4 Å². The first kappa shape index (κ1) is 26.9. The van der Waals surface area contributed by atoms with Gasteiger partial charge in [0.25, 0.3) is 10.1 Å². The van der Waals surface area contributed by atoms with E-state index in [1.54, 1.807) is 0 Å². The number of hydrogen-bond acceptors (Lipinski definition) is 3. The Morgan fingerprint density at radius 3 is 1.41 bits per heavy atom. The molecule has 0 amide bonds. The SMILES string of the molecule is CCCCCCCCCC(CCCCCCCC(O)CCCC)S(=O)(=O)O. The van der Waals surface area contributed by atoms with Gasteiger partial charge in [0, 0.05) is 0 Å². The maximum absolute atomic E-state index is 11.6. The minimum atomic E-state index is -3.92. The van der Waals surface area contributed by atoms with Gasteiger partial charge in [-0.1, -0.05) is 104 Å². The summed E-state index contributed by atoms with van der Waals surface area (Å²) in [6.45, 7) is 4.34. The van der Waals surface area contributed by atoms with Gasteiger partial charge >= 0.3 is 0 Å². The van der Waals surface area contributed by atoms with Gasteiger partial charge in [-0.25, -0.2) is 0 Å². The lowest BCUT2D eigenvalue weighted by atomic mass is 10.0. The van der Waals surface area contributed by atoms with Gasteiger partial charge < -0.3 is 5.11 Å². The van der Waals surface area contributed by atoms with Crippen LogP contribution in [0.2, 0.25) is 0 Å². The van der Waals surface area contributed by atoms with Crippen molar-refractivity contribution in [3.05, 3.63) is 0 Å². The van der Waals surface area contributed by atoms with E-state index >= 15 is 0 Å². The minimum Gasteiger partial charge on any atom is -0.393 e. The molecular formula is C22H46O4S. The normalized spacial score (nSPS) is 14.4. The Kier molecular flexibility index (Phi) is 17.8. The quantitative estimate of drug-likeness (QED) is 0.175. The zero-order valence-electron chi connectivity index (χ0n) is 18.0. The molecule has 0 aliphatic rings. The molecule has 0 aromatic heterocycles. The highest BCUT2D eigenvalue weighted by Gasteiger charge is 2.21. The van der Waals surface area contributed by atoms with E-state index in [0.717, 1.165) is 70.6 Å². The number of aliphatic hydroxyl groups is 1. The van der Waals surface area contributed by atoms with Crippen LogP contribution in [0, 0.1) is 0 Å². The third-order valence-corrected chi connectivity index (χ3v) is 6.82. The summed E-state index contributed by atoms with van der Waals surface area (Å²) in [6, 6.07) is 0. The topological polar surface area (TPSA) is 74.6 Å². The standard InChI is InChI=1S/C22H46O4S/c1-3-5-7-8-9-12-15-19-22(27(24,25)26)20-16-13-10-11-14-18-21(23)17-6-4-2/h21-23H,3-20H2,1-2H3,(H,24,25,26). The Morgan fingerprint density at radius 2 is 0.963 bits per heavy atom. The first-order valence-electron chi connectivity index (χ1n) is 11.6. The number of rotatable bonds is 20. The minimum absolute atomic E-state index is 0.157. The molecule has 164 valence electrons. The predicted molar refractivity (Wildman–Crippen MR) is 116 cm³/mol. The first-order chi connectivity index (χ1) is 12.9. The van der Waals surface area contributed by atoms with Crippen molar-refractivity contribution in [3.8, 4) is 0 Å². The molecule has 4 nitrogen and oxygen atoms in total. The van der Waals surface area contributed by atoms with E-state index in [4.69, 9.17) is 0 Å². The second-order valence-electron chi connectivity index (χ2n) is 8.19. The molecule has 0 saturated carbocycles. The average molecular weight is 407 g/mol. The predicted octanol–water partition coefficient (Wildman–Crippen LogP) is 6.67. The lowest BCUT2D eigenvalue weighted by Gasteiger charge is -2.14. The van der Waals surface area contributed by atoms with Crippen LogP contribution in [0.4, 0.5) is 0 Å². The molecule has 2 N–H and O–H groups in total. The molecule has 0 bridgehead atoms. The molecule has 27 heavy (non-hydrogen) atoms. The maximum atomic E-state index is 11.6. The van der Waals surface area contributed by atoms with Gasteiger partial charge in [-0.3, -0.25) is 4.55 Å². The van der Waals surface area contributed by atoms with Crippen LogP contribution in [0.25, 0.3) is 0 Å². The Bertz CT molecular complexity index is 409. The van der Waals surface area contributed by atoms with E-state index in [1.165, 1.54) is 32.1 Å². The zero-order chi connectivity index (χ0) is 20.4. The second-order valence-corrected chi connectivity index (χ2v) is 9.88. The van der Waals surface area contributed by atoms with Crippen molar-refractivity contribution < 1.29 is 18.1 Å². The van der Waals surface area contributed by atoms with Crippen LogP contribution in [0.5, 0.6) is 0 Å². The molecule has 0 aromatic carbocycles. The number of hydrogen-bond donors (Lipinski definition) is 2. The molecule has 0 aliphatic heterocycles. The summed E-state index contributed by atoms with van der Waals surface area (Å²) >= 11 is 0. The molecule has 0 radical (unpaired) electrons. The van der Waals surface area contributed by atoms with Gasteiger partial charge in [-0.05, 0) is 25.7 Å². The largest absolute Gasteiger partial charge is 0.393 e. The molecule has 0 spiro atoms. The molecule has 2 unspecified atom stereocenters. The molecule has 2 atom stereocenters. The van der Waals surface area contributed by atoms with Gasteiger partial charge in [-0.2, -0.15) is 8.42 Å². The fraction of sp³-hybridized carbons (Fsp3) is 1.00. The van der Waals surface area contributed by atoms with Crippen LogP contribution in [-0.2, 0) is 10.1 Å². The molecule has 0 heterocycles. The van der Waals surface area contributed by atoms with Gasteiger partial charge in [0.1, 0.15) is 0 Å². The van der Waals surface area contributed by atoms with Crippen molar-refractivity contribution in [1.82, 2.24) is 0 Å². The molecule has 0 fully saturated rings. The fourth-order valence-corrected chi connectivity index (χ4v) is 4.57. The highest BCUT2D eigenvalue weighted by molar-refractivity contribution is 7.86. The van der Waals surface area contributed by atoms with Crippen LogP contribution in [0.1, 0.15) is 129 Å². The van der Waals surface area contributed by atoms with Crippen LogP contribution >= 0.6 is 0 Å². The molecule has 0 saturated heterocycles. The summed E-state index contributed by atoms with van der Waals surface area (Å²) in [5.74, 6) is 0. The Balaban J connectivity index is 3.75. The van der Waals surface area contributed by atoms with Gasteiger partial charge in [0.2, 0.25) is 0 Å². The van der Waals surface area contributed by atoms with Crippen LogP contribution in [0.15, 0.2) is 0 Å². The monoisotopic (exact) mass is 406 g/mol. The highest BCUT2D eigenvalue weighted by Crippen LogP contribution is 2.19. The lowest BCUT2D eigenvalue weighted by molar-refractivity contribution is 0.148. The Labute approximate surface area is 169 Å². The summed E-state index contributed by atoms with van der Waals surface area (Å²) in [7, 11) is -3.92. The van der Waals surface area contributed by atoms with Crippen molar-refractivity contribution in [3.63, 3.8) is 0 Å². The summed E-state index contributed by atoms with van der Waals surface area (Å²) in [5, 5.41) is 9.23. The zero-order valence-corrected chi connectivity index (χ0v) is 18.8. The van der Waals surface area contributed by atoms with E-state index in [1.807, 2.05) is 0 Å². The second kappa shape index (κ2) is 17.9. The third kappa shape index (κ3) is 17.7. The third-order valence-electron chi connectivity index (χ3n) is 5.51. The van der Waals surface area contributed by atoms with E-state index in [-0.39, 0.29) is 6.10 Å². The van der Waals surface area contributed by atoms with Crippen molar-refractivity contribution in [2.45, 2.75) is 141 Å². The Hall–Kier alpha value is -0.130. The molecule has 0 aromatic rings. The number of unbranched alkanes of at least 4 members (excludes halogenated alkanes) is 11. The van der Waals surface area contributed by atoms with E-state index < -0.39 is 15.4 Å². The van der Waals surface area contributed by atoms with Crippen molar-refractivity contribution in [1.29, 1.82) is 0 Å². The average Bonchev–Trinajstić information content (AvgIpc) is 2.62. The van der Waals surface area contributed by atoms with E-state index in [0.29, 0.717) is 12.8 Å². The van der Waals surface area contributed by atoms with Crippen LogP contribution in [-0.4, -0.2) is 29.4 Å². The van der Waals surface area contributed by atoms with Crippen LogP contribution in [0.3, 0.4) is 0 Å². The van der Waals surface area contributed by atoms with Crippen LogP contribution < -0.4 is 0 Å². The maximum Gasteiger partial charge on any atom is 0.267 e. The molecule has 0 aliphatic carbocycles. The summed E-state index contributed by atoms with van der Waals surface area (Å²) < 4.78 is 32.7.